The first-order valence-electron chi connectivity index (χ1n) is 15.4. The van der Waals surface area contributed by atoms with Crippen LogP contribution in [0.5, 0.6) is 5.75 Å². The fraction of sp³-hybridized carbons (Fsp3) is 0.424. The van der Waals surface area contributed by atoms with Crippen LogP contribution >= 0.6 is 0 Å². The van der Waals surface area contributed by atoms with Gasteiger partial charge in [0, 0.05) is 79.2 Å². The van der Waals surface area contributed by atoms with Gasteiger partial charge in [-0.25, -0.2) is 4.98 Å². The first kappa shape index (κ1) is 31.6. The summed E-state index contributed by atoms with van der Waals surface area (Å²) in [5, 5.41) is 6.25. The lowest BCUT2D eigenvalue weighted by atomic mass is 9.97. The van der Waals surface area contributed by atoms with E-state index in [1.165, 1.54) is 12.0 Å². The maximum Gasteiger partial charge on any atom is 0.401 e. The van der Waals surface area contributed by atoms with Crippen LogP contribution in [0.1, 0.15) is 51.4 Å². The number of fused-ring (bicyclic) bond motifs is 2. The van der Waals surface area contributed by atoms with Crippen molar-refractivity contribution in [2.45, 2.75) is 46.0 Å². The third-order valence-corrected chi connectivity index (χ3v) is 9.14. The second kappa shape index (κ2) is 12.4. The molecule has 46 heavy (non-hydrogen) atoms. The van der Waals surface area contributed by atoms with Gasteiger partial charge in [-0.3, -0.25) is 19.4 Å². The second-order valence-corrected chi connectivity index (χ2v) is 12.0. The van der Waals surface area contributed by atoms with E-state index < -0.39 is 12.7 Å². The SMILES string of the molecule is COc1cc(C)[nH]c(=O)c1CNC(=O)c1cc2c(-c3ccnc4c3CCN4)ccn2c(C(C)N2CCN(CC(F)(F)F)CC2)c1C. The topological polar surface area (TPSA) is 107 Å². The Kier molecular flexibility index (Phi) is 8.55. The van der Waals surface area contributed by atoms with Crippen molar-refractivity contribution in [2.24, 2.45) is 0 Å². The first-order chi connectivity index (χ1) is 21.9. The highest BCUT2D eigenvalue weighted by atomic mass is 19.4. The number of H-pyrrole nitrogens is 1. The van der Waals surface area contributed by atoms with Crippen LogP contribution in [0.3, 0.4) is 0 Å². The van der Waals surface area contributed by atoms with Gasteiger partial charge in [0.15, 0.2) is 0 Å². The summed E-state index contributed by atoms with van der Waals surface area (Å²) < 4.78 is 46.7. The molecule has 1 amide bonds. The highest BCUT2D eigenvalue weighted by Crippen LogP contribution is 2.37. The van der Waals surface area contributed by atoms with E-state index in [2.05, 4.69) is 29.9 Å². The van der Waals surface area contributed by atoms with Crippen LogP contribution in [0, 0.1) is 13.8 Å². The molecule has 10 nitrogen and oxygen atoms in total. The fourth-order valence-corrected chi connectivity index (χ4v) is 6.83. The van der Waals surface area contributed by atoms with E-state index in [1.54, 1.807) is 19.2 Å². The normalized spacial score (nSPS) is 16.3. The Morgan fingerprint density at radius 1 is 1.13 bits per heavy atom. The number of anilines is 1. The third-order valence-electron chi connectivity index (χ3n) is 9.14. The number of ether oxygens (including phenoxy) is 1. The Morgan fingerprint density at radius 2 is 1.89 bits per heavy atom. The quantitative estimate of drug-likeness (QED) is 0.262. The molecule has 2 aliphatic rings. The molecule has 0 bridgehead atoms. The zero-order valence-corrected chi connectivity index (χ0v) is 26.3. The summed E-state index contributed by atoms with van der Waals surface area (Å²) in [6.07, 6.45) is 0.356. The molecule has 13 heteroatoms. The molecule has 0 aliphatic carbocycles. The van der Waals surface area contributed by atoms with E-state index in [4.69, 9.17) is 4.74 Å². The molecule has 4 aromatic rings. The Hall–Kier alpha value is -4.36. The van der Waals surface area contributed by atoms with Gasteiger partial charge in [-0.15, -0.1) is 0 Å². The van der Waals surface area contributed by atoms with Gasteiger partial charge in [-0.05, 0) is 62.6 Å². The molecule has 1 unspecified atom stereocenters. The number of aryl methyl sites for hydroxylation is 1. The number of pyridine rings is 3. The van der Waals surface area contributed by atoms with Gasteiger partial charge in [-0.2, -0.15) is 13.2 Å². The zero-order chi connectivity index (χ0) is 32.7. The molecule has 1 atom stereocenters. The van der Waals surface area contributed by atoms with Crippen LogP contribution in [0.4, 0.5) is 19.0 Å². The number of halogens is 3. The summed E-state index contributed by atoms with van der Waals surface area (Å²) in [4.78, 5) is 37.5. The maximum atomic E-state index is 13.9. The monoisotopic (exact) mass is 637 g/mol. The number of hydrogen-bond donors (Lipinski definition) is 3. The molecule has 0 radical (unpaired) electrons. The number of aromatic nitrogens is 3. The molecule has 0 spiro atoms. The largest absolute Gasteiger partial charge is 0.496 e. The summed E-state index contributed by atoms with van der Waals surface area (Å²) >= 11 is 0. The number of hydrogen-bond acceptors (Lipinski definition) is 7. The van der Waals surface area contributed by atoms with E-state index >= 15 is 0 Å². The lowest BCUT2D eigenvalue weighted by Gasteiger charge is -2.39. The van der Waals surface area contributed by atoms with E-state index in [1.807, 2.05) is 38.2 Å². The molecule has 1 saturated heterocycles. The van der Waals surface area contributed by atoms with Crippen LogP contribution in [-0.4, -0.2) is 82.6 Å². The van der Waals surface area contributed by atoms with Crippen molar-refractivity contribution in [3.05, 3.63) is 80.7 Å². The van der Waals surface area contributed by atoms with E-state index in [0.717, 1.165) is 52.2 Å². The average Bonchev–Trinajstić information content (AvgIpc) is 3.66. The molecular formula is C33H38F3N7O3. The number of alkyl halides is 3. The molecule has 3 N–H and O–H groups in total. The first-order valence-corrected chi connectivity index (χ1v) is 15.4. The van der Waals surface area contributed by atoms with Crippen molar-refractivity contribution in [1.82, 2.24) is 29.5 Å². The fourth-order valence-electron chi connectivity index (χ4n) is 6.83. The van der Waals surface area contributed by atoms with Gasteiger partial charge in [-0.1, -0.05) is 0 Å². The van der Waals surface area contributed by atoms with E-state index in [-0.39, 0.29) is 24.1 Å². The number of carbonyl (C=O) groups excluding carboxylic acids is 1. The van der Waals surface area contributed by atoms with Gasteiger partial charge in [0.1, 0.15) is 11.6 Å². The standard InChI is InChI=1S/C33H38F3N7O3/c1-19-15-28(46-4)26(32(45)40-19)17-39-31(44)25-16-27-23(22-5-8-37-30-24(22)6-9-38-30)7-10-43(27)29(20(25)2)21(3)42-13-11-41(12-14-42)18-33(34,35)36/h5,7-8,10,15-16,21H,6,9,11-14,17-18H2,1-4H3,(H,37,38)(H,39,44)(H,40,45). The second-order valence-electron chi connectivity index (χ2n) is 12.0. The van der Waals surface area contributed by atoms with Gasteiger partial charge < -0.3 is 24.8 Å². The van der Waals surface area contributed by atoms with Crippen LogP contribution in [0.25, 0.3) is 16.6 Å². The Morgan fingerprint density at radius 3 is 2.61 bits per heavy atom. The minimum atomic E-state index is -4.24. The van der Waals surface area contributed by atoms with Gasteiger partial charge in [0.25, 0.3) is 11.5 Å². The minimum Gasteiger partial charge on any atom is -0.496 e. The molecule has 244 valence electrons. The van der Waals surface area contributed by atoms with Crippen LogP contribution in [-0.2, 0) is 13.0 Å². The minimum absolute atomic E-state index is 0.0360. The average molecular weight is 638 g/mol. The van der Waals surface area contributed by atoms with Crippen molar-refractivity contribution in [2.75, 3.05) is 51.7 Å². The van der Waals surface area contributed by atoms with Crippen molar-refractivity contribution < 1.29 is 22.7 Å². The van der Waals surface area contributed by atoms with Crippen molar-refractivity contribution in [3.63, 3.8) is 0 Å². The third kappa shape index (κ3) is 6.08. The van der Waals surface area contributed by atoms with Crippen LogP contribution in [0.15, 0.2) is 41.5 Å². The van der Waals surface area contributed by atoms with Gasteiger partial charge in [0.05, 0.1) is 31.3 Å². The van der Waals surface area contributed by atoms with Crippen molar-refractivity contribution in [3.8, 4) is 16.9 Å². The Labute approximate surface area is 264 Å². The summed E-state index contributed by atoms with van der Waals surface area (Å²) in [7, 11) is 1.48. The zero-order valence-electron chi connectivity index (χ0n) is 26.3. The molecular weight excluding hydrogens is 599 g/mol. The molecule has 4 aromatic heterocycles. The predicted molar refractivity (Wildman–Crippen MR) is 170 cm³/mol. The highest BCUT2D eigenvalue weighted by molar-refractivity contribution is 5.99. The van der Waals surface area contributed by atoms with Crippen LogP contribution < -0.4 is 20.9 Å². The van der Waals surface area contributed by atoms with Crippen molar-refractivity contribution >= 4 is 17.2 Å². The number of piperazine rings is 1. The van der Waals surface area contributed by atoms with E-state index in [0.29, 0.717) is 48.7 Å². The number of aromatic amines is 1. The summed E-state index contributed by atoms with van der Waals surface area (Å²) in [5.74, 6) is 0.894. The number of methoxy groups -OCH3 is 1. The number of carbonyl (C=O) groups is 1. The summed E-state index contributed by atoms with van der Waals surface area (Å²) in [6, 6.07) is 7.42. The molecule has 1 fully saturated rings. The number of nitrogens with zero attached hydrogens (tertiary/aromatic N) is 4. The van der Waals surface area contributed by atoms with Crippen molar-refractivity contribution in [1.29, 1.82) is 0 Å². The van der Waals surface area contributed by atoms with Gasteiger partial charge in [0.2, 0.25) is 0 Å². The summed E-state index contributed by atoms with van der Waals surface area (Å²) in [6.45, 7) is 7.04. The highest BCUT2D eigenvalue weighted by Gasteiger charge is 2.34. The molecule has 6 rings (SSSR count). The molecule has 0 saturated carbocycles. The lowest BCUT2D eigenvalue weighted by molar-refractivity contribution is -0.149. The maximum absolute atomic E-state index is 13.9. The number of rotatable bonds is 8. The molecule has 6 heterocycles. The predicted octanol–water partition coefficient (Wildman–Crippen LogP) is 4.45. The number of amides is 1. The van der Waals surface area contributed by atoms with Crippen LogP contribution in [0.2, 0.25) is 0 Å². The Bertz CT molecular complexity index is 1840. The molecule has 2 aliphatic heterocycles. The Balaban J connectivity index is 1.39. The lowest BCUT2D eigenvalue weighted by Crippen LogP contribution is -2.49. The van der Waals surface area contributed by atoms with Gasteiger partial charge >= 0.3 is 6.18 Å². The molecule has 0 aromatic carbocycles. The summed E-state index contributed by atoms with van der Waals surface area (Å²) in [5.41, 5.74) is 6.65. The smallest absolute Gasteiger partial charge is 0.401 e. The number of nitrogens with one attached hydrogen (secondary N) is 3. The van der Waals surface area contributed by atoms with E-state index in [9.17, 15) is 22.8 Å².